The number of rotatable bonds is 5. The minimum Gasteiger partial charge on any atom is -0.372 e. The molecule has 0 radical (unpaired) electrons. The topological polar surface area (TPSA) is 69.0 Å². The summed E-state index contributed by atoms with van der Waals surface area (Å²) in [4.78, 5) is 18.4. The van der Waals surface area contributed by atoms with Gasteiger partial charge in [0.25, 0.3) is 5.91 Å². The highest BCUT2D eigenvalue weighted by Gasteiger charge is 2.10. The molecule has 1 aromatic heterocycles. The second-order valence-corrected chi connectivity index (χ2v) is 5.17. The number of hydrogen-bond donors (Lipinski definition) is 1. The molecule has 2 aromatic rings. The molecule has 1 heterocycles. The number of carbonyl (C=O) groups is 1. The van der Waals surface area contributed by atoms with Crippen LogP contribution in [0, 0.1) is 18.3 Å². The minimum atomic E-state index is -0.235. The van der Waals surface area contributed by atoms with Gasteiger partial charge in [-0.1, -0.05) is 0 Å². The molecule has 0 saturated heterocycles. The molecule has 0 aliphatic heterocycles. The molecular formula is C18H20N4O. The summed E-state index contributed by atoms with van der Waals surface area (Å²) in [7, 11) is 0. The number of nitriles is 1. The van der Waals surface area contributed by atoms with E-state index in [4.69, 9.17) is 5.26 Å². The molecule has 1 aromatic carbocycles. The number of hydrogen-bond acceptors (Lipinski definition) is 4. The molecular weight excluding hydrogens is 288 g/mol. The van der Waals surface area contributed by atoms with E-state index in [9.17, 15) is 4.79 Å². The third-order valence-electron chi connectivity index (χ3n) is 3.73. The number of carbonyl (C=O) groups excluding carboxylic acids is 1. The first-order valence-corrected chi connectivity index (χ1v) is 7.62. The third kappa shape index (κ3) is 3.86. The SMILES string of the molecule is CCN(CC)c1ccc(NC(=O)c2ccc(C#N)nc2)c(C)c1. The van der Waals surface area contributed by atoms with Crippen LogP contribution in [0.2, 0.25) is 0 Å². The van der Waals surface area contributed by atoms with Gasteiger partial charge in [0.2, 0.25) is 0 Å². The van der Waals surface area contributed by atoms with Gasteiger partial charge in [0.15, 0.2) is 0 Å². The summed E-state index contributed by atoms with van der Waals surface area (Å²) in [5, 5.41) is 11.6. The molecule has 0 bridgehead atoms. The molecule has 1 amide bonds. The molecule has 2 rings (SSSR count). The largest absolute Gasteiger partial charge is 0.372 e. The zero-order chi connectivity index (χ0) is 16.8. The Hall–Kier alpha value is -2.87. The number of amides is 1. The van der Waals surface area contributed by atoms with Gasteiger partial charge in [0.1, 0.15) is 11.8 Å². The van der Waals surface area contributed by atoms with Gasteiger partial charge in [0.05, 0.1) is 5.56 Å². The van der Waals surface area contributed by atoms with Gasteiger partial charge in [-0.05, 0) is 56.7 Å². The van der Waals surface area contributed by atoms with Gasteiger partial charge in [-0.25, -0.2) is 4.98 Å². The van der Waals surface area contributed by atoms with Crippen molar-refractivity contribution in [1.82, 2.24) is 4.98 Å². The Kier molecular flexibility index (Phi) is 5.32. The van der Waals surface area contributed by atoms with Gasteiger partial charge < -0.3 is 10.2 Å². The Morgan fingerprint density at radius 2 is 2.00 bits per heavy atom. The van der Waals surface area contributed by atoms with Crippen LogP contribution in [0.25, 0.3) is 0 Å². The van der Waals surface area contributed by atoms with E-state index in [-0.39, 0.29) is 5.91 Å². The maximum Gasteiger partial charge on any atom is 0.257 e. The van der Waals surface area contributed by atoms with Crippen molar-refractivity contribution in [2.75, 3.05) is 23.3 Å². The van der Waals surface area contributed by atoms with Crippen LogP contribution in [0.5, 0.6) is 0 Å². The van der Waals surface area contributed by atoms with Crippen LogP contribution in [0.15, 0.2) is 36.5 Å². The summed E-state index contributed by atoms with van der Waals surface area (Å²) in [6.45, 7) is 8.09. The van der Waals surface area contributed by atoms with E-state index >= 15 is 0 Å². The van der Waals surface area contributed by atoms with Gasteiger partial charge in [-0.15, -0.1) is 0 Å². The Labute approximate surface area is 136 Å². The van der Waals surface area contributed by atoms with E-state index in [0.29, 0.717) is 11.3 Å². The molecule has 0 unspecified atom stereocenters. The number of benzene rings is 1. The summed E-state index contributed by atoms with van der Waals surface area (Å²) in [5.74, 6) is -0.235. The summed E-state index contributed by atoms with van der Waals surface area (Å²) >= 11 is 0. The van der Waals surface area contributed by atoms with Crippen molar-refractivity contribution in [2.24, 2.45) is 0 Å². The van der Waals surface area contributed by atoms with E-state index in [1.165, 1.54) is 12.3 Å². The molecule has 23 heavy (non-hydrogen) atoms. The van der Waals surface area contributed by atoms with E-state index in [2.05, 4.69) is 35.1 Å². The number of pyridine rings is 1. The fourth-order valence-electron chi connectivity index (χ4n) is 2.36. The Balaban J connectivity index is 2.16. The van der Waals surface area contributed by atoms with Crippen LogP contribution in [-0.4, -0.2) is 24.0 Å². The molecule has 0 fully saturated rings. The fraction of sp³-hybridized carbons (Fsp3) is 0.278. The molecule has 5 nitrogen and oxygen atoms in total. The quantitative estimate of drug-likeness (QED) is 0.919. The second-order valence-electron chi connectivity index (χ2n) is 5.17. The van der Waals surface area contributed by atoms with Crippen molar-refractivity contribution in [3.63, 3.8) is 0 Å². The predicted molar refractivity (Wildman–Crippen MR) is 91.6 cm³/mol. The molecule has 0 aliphatic rings. The lowest BCUT2D eigenvalue weighted by Crippen LogP contribution is -2.22. The normalized spacial score (nSPS) is 10.0. The van der Waals surface area contributed by atoms with Gasteiger partial charge in [-0.2, -0.15) is 5.26 Å². The van der Waals surface area contributed by atoms with Crippen LogP contribution in [-0.2, 0) is 0 Å². The minimum absolute atomic E-state index is 0.235. The Morgan fingerprint density at radius 3 is 2.52 bits per heavy atom. The molecule has 118 valence electrons. The highest BCUT2D eigenvalue weighted by molar-refractivity contribution is 6.04. The first-order chi connectivity index (χ1) is 11.1. The number of aryl methyl sites for hydroxylation is 1. The standard InChI is InChI=1S/C18H20N4O/c1-4-22(5-2)16-8-9-17(13(3)10-16)21-18(23)14-6-7-15(11-19)20-12-14/h6-10,12H,4-5H2,1-3H3,(H,21,23). The van der Waals surface area contributed by atoms with Crippen molar-refractivity contribution in [1.29, 1.82) is 5.26 Å². The van der Waals surface area contributed by atoms with Crippen LogP contribution in [0.1, 0.15) is 35.5 Å². The van der Waals surface area contributed by atoms with Crippen molar-refractivity contribution < 1.29 is 4.79 Å². The highest BCUT2D eigenvalue weighted by Crippen LogP contribution is 2.23. The summed E-state index contributed by atoms with van der Waals surface area (Å²) < 4.78 is 0. The average molecular weight is 308 g/mol. The summed E-state index contributed by atoms with van der Waals surface area (Å²) in [6, 6.07) is 11.1. The van der Waals surface area contributed by atoms with Crippen molar-refractivity contribution >= 4 is 17.3 Å². The zero-order valence-electron chi connectivity index (χ0n) is 13.6. The summed E-state index contributed by atoms with van der Waals surface area (Å²) in [6.07, 6.45) is 1.41. The first-order valence-electron chi connectivity index (χ1n) is 7.62. The number of anilines is 2. The predicted octanol–water partition coefficient (Wildman–Crippen LogP) is 3.36. The lowest BCUT2D eigenvalue weighted by Gasteiger charge is -2.22. The van der Waals surface area contributed by atoms with Crippen molar-refractivity contribution in [3.05, 3.63) is 53.3 Å². The van der Waals surface area contributed by atoms with Crippen LogP contribution < -0.4 is 10.2 Å². The van der Waals surface area contributed by atoms with Gasteiger partial charge in [-0.3, -0.25) is 4.79 Å². The van der Waals surface area contributed by atoms with Crippen molar-refractivity contribution in [2.45, 2.75) is 20.8 Å². The second kappa shape index (κ2) is 7.41. The molecule has 0 atom stereocenters. The molecule has 0 saturated carbocycles. The smallest absolute Gasteiger partial charge is 0.257 e. The first kappa shape index (κ1) is 16.5. The lowest BCUT2D eigenvalue weighted by atomic mass is 10.1. The van der Waals surface area contributed by atoms with Crippen LogP contribution in [0.3, 0.4) is 0 Å². The monoisotopic (exact) mass is 308 g/mol. The number of nitrogens with zero attached hydrogens (tertiary/aromatic N) is 3. The van der Waals surface area contributed by atoms with Gasteiger partial charge in [0, 0.05) is 30.7 Å². The average Bonchev–Trinajstić information content (AvgIpc) is 2.58. The van der Waals surface area contributed by atoms with E-state index in [1.54, 1.807) is 6.07 Å². The molecule has 0 spiro atoms. The zero-order valence-corrected chi connectivity index (χ0v) is 13.6. The number of nitrogens with one attached hydrogen (secondary N) is 1. The lowest BCUT2D eigenvalue weighted by molar-refractivity contribution is 0.102. The molecule has 5 heteroatoms. The highest BCUT2D eigenvalue weighted by atomic mass is 16.1. The van der Waals surface area contributed by atoms with E-state index in [0.717, 1.165) is 30.0 Å². The van der Waals surface area contributed by atoms with E-state index in [1.807, 2.05) is 25.1 Å². The maximum atomic E-state index is 12.3. The van der Waals surface area contributed by atoms with Gasteiger partial charge >= 0.3 is 0 Å². The summed E-state index contributed by atoms with van der Waals surface area (Å²) in [5.41, 5.74) is 3.64. The van der Waals surface area contributed by atoms with Crippen LogP contribution >= 0.6 is 0 Å². The van der Waals surface area contributed by atoms with Crippen molar-refractivity contribution in [3.8, 4) is 6.07 Å². The molecule has 0 aliphatic carbocycles. The number of aromatic nitrogens is 1. The third-order valence-corrected chi connectivity index (χ3v) is 3.73. The maximum absolute atomic E-state index is 12.3. The fourth-order valence-corrected chi connectivity index (χ4v) is 2.36. The van der Waals surface area contributed by atoms with Crippen LogP contribution in [0.4, 0.5) is 11.4 Å². The molecule has 1 N–H and O–H groups in total. The van der Waals surface area contributed by atoms with E-state index < -0.39 is 0 Å². The Morgan fingerprint density at radius 1 is 1.26 bits per heavy atom. The Bertz CT molecular complexity index is 728.